The van der Waals surface area contributed by atoms with Crippen LogP contribution in [-0.4, -0.2) is 30.0 Å². The standard InChI is InChI=1S/C18H27N3O3/c1-6-18(4,5)21-17(23)12(3)19-11(2)13-7-8-15-14(9-13)20-16(22)10-24-15/h7-9,11-12,19H,6,10H2,1-5H3,(H,20,22)(H,21,23)/t11-,12-/m0/s1. The third-order valence-electron chi connectivity index (χ3n) is 4.38. The fourth-order valence-corrected chi connectivity index (χ4v) is 2.45. The van der Waals surface area contributed by atoms with Gasteiger partial charge in [0.2, 0.25) is 5.91 Å². The predicted molar refractivity (Wildman–Crippen MR) is 94.1 cm³/mol. The minimum absolute atomic E-state index is 0.0247. The van der Waals surface area contributed by atoms with Crippen molar-refractivity contribution < 1.29 is 14.3 Å². The van der Waals surface area contributed by atoms with Crippen molar-refractivity contribution in [2.45, 2.75) is 58.7 Å². The molecule has 132 valence electrons. The van der Waals surface area contributed by atoms with Crippen molar-refractivity contribution in [1.82, 2.24) is 10.6 Å². The molecule has 1 aliphatic rings. The van der Waals surface area contributed by atoms with E-state index in [1.807, 2.05) is 52.8 Å². The lowest BCUT2D eigenvalue weighted by Crippen LogP contribution is -2.51. The van der Waals surface area contributed by atoms with Crippen molar-refractivity contribution in [1.29, 1.82) is 0 Å². The lowest BCUT2D eigenvalue weighted by Gasteiger charge is -2.28. The summed E-state index contributed by atoms with van der Waals surface area (Å²) in [5.41, 5.74) is 1.43. The van der Waals surface area contributed by atoms with Crippen molar-refractivity contribution in [2.75, 3.05) is 11.9 Å². The Labute approximate surface area is 143 Å². The van der Waals surface area contributed by atoms with E-state index in [4.69, 9.17) is 4.74 Å². The number of anilines is 1. The van der Waals surface area contributed by atoms with Gasteiger partial charge in [-0.15, -0.1) is 0 Å². The highest BCUT2D eigenvalue weighted by Crippen LogP contribution is 2.30. The van der Waals surface area contributed by atoms with E-state index in [0.29, 0.717) is 11.4 Å². The van der Waals surface area contributed by atoms with E-state index in [1.165, 1.54) is 0 Å². The number of carbonyl (C=O) groups is 2. The van der Waals surface area contributed by atoms with Gasteiger partial charge in [-0.3, -0.25) is 14.9 Å². The van der Waals surface area contributed by atoms with Crippen LogP contribution < -0.4 is 20.7 Å². The van der Waals surface area contributed by atoms with E-state index < -0.39 is 0 Å². The number of ether oxygens (including phenoxy) is 1. The summed E-state index contributed by atoms with van der Waals surface area (Å²) in [7, 11) is 0. The molecule has 2 amide bonds. The van der Waals surface area contributed by atoms with Crippen molar-refractivity contribution in [3.63, 3.8) is 0 Å². The summed E-state index contributed by atoms with van der Waals surface area (Å²) < 4.78 is 5.36. The lowest BCUT2D eigenvalue weighted by molar-refractivity contribution is -0.124. The van der Waals surface area contributed by atoms with Crippen LogP contribution in [0, 0.1) is 0 Å². The van der Waals surface area contributed by atoms with Gasteiger partial charge in [0, 0.05) is 11.6 Å². The normalized spacial score (nSPS) is 16.5. The quantitative estimate of drug-likeness (QED) is 0.747. The van der Waals surface area contributed by atoms with E-state index in [9.17, 15) is 9.59 Å². The summed E-state index contributed by atoms with van der Waals surface area (Å²) in [5.74, 6) is 0.485. The summed E-state index contributed by atoms with van der Waals surface area (Å²) in [6, 6.07) is 5.29. The molecule has 1 aromatic carbocycles. The molecule has 0 bridgehead atoms. The monoisotopic (exact) mass is 333 g/mol. The Kier molecular flexibility index (Phi) is 5.49. The van der Waals surface area contributed by atoms with Crippen LogP contribution in [0.15, 0.2) is 18.2 Å². The first kappa shape index (κ1) is 18.3. The summed E-state index contributed by atoms with van der Waals surface area (Å²) in [4.78, 5) is 23.7. The van der Waals surface area contributed by atoms with Crippen LogP contribution in [0.3, 0.4) is 0 Å². The van der Waals surface area contributed by atoms with E-state index in [0.717, 1.165) is 12.0 Å². The van der Waals surface area contributed by atoms with Gasteiger partial charge in [0.05, 0.1) is 11.7 Å². The molecule has 2 atom stereocenters. The summed E-state index contributed by atoms with van der Waals surface area (Å²) >= 11 is 0. The number of nitrogens with one attached hydrogen (secondary N) is 3. The zero-order chi connectivity index (χ0) is 17.9. The molecule has 0 saturated heterocycles. The van der Waals surface area contributed by atoms with Crippen molar-refractivity contribution >= 4 is 17.5 Å². The van der Waals surface area contributed by atoms with Gasteiger partial charge < -0.3 is 15.4 Å². The molecule has 1 aromatic rings. The molecular weight excluding hydrogens is 306 g/mol. The molecule has 0 unspecified atom stereocenters. The van der Waals surface area contributed by atoms with Crippen LogP contribution in [0.1, 0.15) is 52.6 Å². The Bertz CT molecular complexity index is 628. The van der Waals surface area contributed by atoms with Crippen LogP contribution in [0.5, 0.6) is 5.75 Å². The Morgan fingerprint density at radius 2 is 2.08 bits per heavy atom. The minimum Gasteiger partial charge on any atom is -0.482 e. The summed E-state index contributed by atoms with van der Waals surface area (Å²) in [6.45, 7) is 9.94. The van der Waals surface area contributed by atoms with Crippen LogP contribution in [0.2, 0.25) is 0 Å². The van der Waals surface area contributed by atoms with Crippen LogP contribution in [0.25, 0.3) is 0 Å². The van der Waals surface area contributed by atoms with E-state index in [1.54, 1.807) is 0 Å². The Morgan fingerprint density at radius 3 is 2.75 bits per heavy atom. The molecule has 6 nitrogen and oxygen atoms in total. The van der Waals surface area contributed by atoms with E-state index in [2.05, 4.69) is 16.0 Å². The van der Waals surface area contributed by atoms with Crippen molar-refractivity contribution in [3.05, 3.63) is 23.8 Å². The molecule has 0 fully saturated rings. The average Bonchev–Trinajstić information content (AvgIpc) is 2.53. The third-order valence-corrected chi connectivity index (χ3v) is 4.38. The molecule has 24 heavy (non-hydrogen) atoms. The van der Waals surface area contributed by atoms with Crippen LogP contribution in [-0.2, 0) is 9.59 Å². The first-order chi connectivity index (χ1) is 11.2. The predicted octanol–water partition coefficient (Wildman–Crippen LogP) is 2.36. The second-order valence-electron chi connectivity index (χ2n) is 6.93. The number of rotatable bonds is 6. The Balaban J connectivity index is 2.01. The maximum Gasteiger partial charge on any atom is 0.262 e. The minimum atomic E-state index is -0.326. The van der Waals surface area contributed by atoms with Gasteiger partial charge >= 0.3 is 0 Å². The average molecular weight is 333 g/mol. The molecule has 0 aliphatic carbocycles. The van der Waals surface area contributed by atoms with Crippen LogP contribution in [0.4, 0.5) is 5.69 Å². The van der Waals surface area contributed by atoms with Gasteiger partial charge in [-0.25, -0.2) is 0 Å². The zero-order valence-electron chi connectivity index (χ0n) is 15.0. The molecule has 1 heterocycles. The second kappa shape index (κ2) is 7.21. The maximum absolute atomic E-state index is 12.3. The Hall–Kier alpha value is -2.08. The molecule has 0 spiro atoms. The Morgan fingerprint density at radius 1 is 1.38 bits per heavy atom. The molecular formula is C18H27N3O3. The SMILES string of the molecule is CCC(C)(C)NC(=O)[C@H](C)N[C@@H](C)c1ccc2c(c1)NC(=O)CO2. The highest BCUT2D eigenvalue weighted by Gasteiger charge is 2.23. The summed E-state index contributed by atoms with van der Waals surface area (Å²) in [5, 5.41) is 9.13. The zero-order valence-corrected chi connectivity index (χ0v) is 15.0. The van der Waals surface area contributed by atoms with Gasteiger partial charge in [-0.1, -0.05) is 13.0 Å². The number of benzene rings is 1. The molecule has 6 heteroatoms. The fraction of sp³-hybridized carbons (Fsp3) is 0.556. The van der Waals surface area contributed by atoms with Gasteiger partial charge in [-0.2, -0.15) is 0 Å². The number of fused-ring (bicyclic) bond motifs is 1. The highest BCUT2D eigenvalue weighted by molar-refractivity contribution is 5.95. The molecule has 2 rings (SSSR count). The number of hydrogen-bond donors (Lipinski definition) is 3. The summed E-state index contributed by atoms with van der Waals surface area (Å²) in [6.07, 6.45) is 0.867. The number of carbonyl (C=O) groups excluding carboxylic acids is 2. The number of amides is 2. The fourth-order valence-electron chi connectivity index (χ4n) is 2.45. The van der Waals surface area contributed by atoms with Crippen LogP contribution >= 0.6 is 0 Å². The largest absolute Gasteiger partial charge is 0.482 e. The van der Waals surface area contributed by atoms with E-state index in [-0.39, 0.29) is 36.0 Å². The molecule has 1 aliphatic heterocycles. The third kappa shape index (κ3) is 4.47. The lowest BCUT2D eigenvalue weighted by atomic mass is 10.0. The second-order valence-corrected chi connectivity index (χ2v) is 6.93. The van der Waals surface area contributed by atoms with Crippen molar-refractivity contribution in [3.8, 4) is 5.75 Å². The van der Waals surface area contributed by atoms with Gasteiger partial charge in [0.15, 0.2) is 6.61 Å². The first-order valence-electron chi connectivity index (χ1n) is 8.36. The van der Waals surface area contributed by atoms with Crippen molar-refractivity contribution in [2.24, 2.45) is 0 Å². The topological polar surface area (TPSA) is 79.5 Å². The van der Waals surface area contributed by atoms with Gasteiger partial charge in [-0.05, 0) is 51.8 Å². The van der Waals surface area contributed by atoms with Gasteiger partial charge in [0.1, 0.15) is 5.75 Å². The highest BCUT2D eigenvalue weighted by atomic mass is 16.5. The van der Waals surface area contributed by atoms with E-state index >= 15 is 0 Å². The van der Waals surface area contributed by atoms with Gasteiger partial charge in [0.25, 0.3) is 5.91 Å². The maximum atomic E-state index is 12.3. The molecule has 0 aromatic heterocycles. The molecule has 3 N–H and O–H groups in total. The molecule has 0 saturated carbocycles. The number of hydrogen-bond acceptors (Lipinski definition) is 4. The first-order valence-corrected chi connectivity index (χ1v) is 8.36. The smallest absolute Gasteiger partial charge is 0.262 e. The molecule has 0 radical (unpaired) electrons.